The van der Waals surface area contributed by atoms with Crippen LogP contribution in [0.15, 0.2) is 66.7 Å². The second kappa shape index (κ2) is 11.8. The Kier molecular flexibility index (Phi) is 8.33. The molecule has 1 saturated heterocycles. The summed E-state index contributed by atoms with van der Waals surface area (Å²) in [6.07, 6.45) is 0.770. The van der Waals surface area contributed by atoms with Gasteiger partial charge in [-0.15, -0.1) is 0 Å². The third kappa shape index (κ3) is 6.10. The van der Waals surface area contributed by atoms with Crippen molar-refractivity contribution in [2.24, 2.45) is 5.92 Å². The fourth-order valence-electron chi connectivity index (χ4n) is 4.83. The Morgan fingerprint density at radius 1 is 0.833 bits per heavy atom. The quantitative estimate of drug-likeness (QED) is 0.457. The molecule has 2 unspecified atom stereocenters. The van der Waals surface area contributed by atoms with Gasteiger partial charge in [0.1, 0.15) is 23.0 Å². The molecule has 1 fully saturated rings. The van der Waals surface area contributed by atoms with Gasteiger partial charge in [-0.1, -0.05) is 30.3 Å². The summed E-state index contributed by atoms with van der Waals surface area (Å²) in [7, 11) is 6.49. The lowest BCUT2D eigenvalue weighted by Gasteiger charge is -2.37. The number of amides is 1. The highest BCUT2D eigenvalue weighted by molar-refractivity contribution is 5.94. The van der Waals surface area contributed by atoms with E-state index >= 15 is 0 Å². The van der Waals surface area contributed by atoms with E-state index in [1.54, 1.807) is 34.5 Å². The molecule has 36 heavy (non-hydrogen) atoms. The maximum absolute atomic E-state index is 13.5. The molecule has 0 saturated carbocycles. The van der Waals surface area contributed by atoms with E-state index in [4.69, 9.17) is 18.9 Å². The summed E-state index contributed by atoms with van der Waals surface area (Å²) < 4.78 is 21.7. The molecule has 0 bridgehead atoms. The van der Waals surface area contributed by atoms with Crippen LogP contribution < -0.4 is 24.3 Å². The Hall–Kier alpha value is -3.71. The van der Waals surface area contributed by atoms with Crippen LogP contribution in [0.3, 0.4) is 0 Å². The number of rotatable bonds is 9. The first-order valence-corrected chi connectivity index (χ1v) is 12.0. The summed E-state index contributed by atoms with van der Waals surface area (Å²) in [5.41, 5.74) is 2.95. The Bertz CT molecular complexity index is 1150. The lowest BCUT2D eigenvalue weighted by molar-refractivity contribution is -0.121. The topological polar surface area (TPSA) is 69.3 Å². The number of methoxy groups -OCH3 is 4. The van der Waals surface area contributed by atoms with Crippen LogP contribution in [0, 0.1) is 5.92 Å². The summed E-state index contributed by atoms with van der Waals surface area (Å²) in [6.45, 7) is 2.19. The van der Waals surface area contributed by atoms with Crippen LogP contribution in [0.2, 0.25) is 0 Å². The van der Waals surface area contributed by atoms with Crippen molar-refractivity contribution in [3.8, 4) is 23.0 Å². The van der Waals surface area contributed by atoms with Gasteiger partial charge >= 0.3 is 0 Å². The molecular formula is C29H34N2O5. The Balaban J connectivity index is 1.56. The van der Waals surface area contributed by atoms with Crippen LogP contribution in [0.4, 0.5) is 5.69 Å². The molecule has 1 heterocycles. The molecule has 190 valence electrons. The lowest BCUT2D eigenvalue weighted by Crippen LogP contribution is -2.43. The number of piperidine rings is 1. The van der Waals surface area contributed by atoms with E-state index in [0.717, 1.165) is 30.0 Å². The summed E-state index contributed by atoms with van der Waals surface area (Å²) in [5, 5.41) is 3.09. The predicted molar refractivity (Wildman–Crippen MR) is 140 cm³/mol. The molecule has 2 atom stereocenters. The standard InChI is InChI=1S/C29H34N2O5/c1-33-24-10-11-27(28(16-24)36-4)30-29(32)23-14-22(21-8-6-5-7-9-21)18-31(19-23)17-20-12-25(34-2)15-26(13-20)35-3/h5-13,15-16,22-23H,14,17-19H2,1-4H3,(H,30,32). The number of carbonyl (C=O) groups is 1. The minimum atomic E-state index is -0.191. The summed E-state index contributed by atoms with van der Waals surface area (Å²) >= 11 is 0. The minimum absolute atomic E-state index is 0.0210. The average molecular weight is 491 g/mol. The maximum atomic E-state index is 13.5. The highest BCUT2D eigenvalue weighted by Gasteiger charge is 2.33. The van der Waals surface area contributed by atoms with Gasteiger partial charge < -0.3 is 24.3 Å². The fraction of sp³-hybridized carbons (Fsp3) is 0.345. The normalized spacial score (nSPS) is 17.8. The van der Waals surface area contributed by atoms with E-state index in [0.29, 0.717) is 30.3 Å². The second-order valence-electron chi connectivity index (χ2n) is 9.01. The van der Waals surface area contributed by atoms with Crippen LogP contribution in [-0.4, -0.2) is 52.3 Å². The van der Waals surface area contributed by atoms with Gasteiger partial charge in [-0.05, 0) is 47.7 Å². The maximum Gasteiger partial charge on any atom is 0.228 e. The van der Waals surface area contributed by atoms with E-state index in [1.165, 1.54) is 5.56 Å². The first-order chi connectivity index (χ1) is 17.5. The number of benzene rings is 3. The second-order valence-corrected chi connectivity index (χ2v) is 9.01. The van der Waals surface area contributed by atoms with Crippen molar-refractivity contribution in [3.05, 3.63) is 77.9 Å². The number of nitrogens with zero attached hydrogens (tertiary/aromatic N) is 1. The molecule has 4 rings (SSSR count). The molecule has 0 aliphatic carbocycles. The molecule has 0 spiro atoms. The Labute approximate surface area is 212 Å². The smallest absolute Gasteiger partial charge is 0.228 e. The third-order valence-electron chi connectivity index (χ3n) is 6.65. The number of ether oxygens (including phenoxy) is 4. The van der Waals surface area contributed by atoms with Gasteiger partial charge in [-0.25, -0.2) is 0 Å². The molecule has 7 nitrogen and oxygen atoms in total. The van der Waals surface area contributed by atoms with Gasteiger partial charge in [-0.3, -0.25) is 9.69 Å². The van der Waals surface area contributed by atoms with Gasteiger partial charge in [0.15, 0.2) is 0 Å². The molecule has 0 aromatic heterocycles. The zero-order valence-electron chi connectivity index (χ0n) is 21.3. The van der Waals surface area contributed by atoms with Gasteiger partial charge in [0.2, 0.25) is 5.91 Å². The number of likely N-dealkylation sites (tertiary alicyclic amines) is 1. The summed E-state index contributed by atoms with van der Waals surface area (Å²) in [5.74, 6) is 2.77. The van der Waals surface area contributed by atoms with Crippen LogP contribution in [0.5, 0.6) is 23.0 Å². The highest BCUT2D eigenvalue weighted by atomic mass is 16.5. The molecular weight excluding hydrogens is 456 g/mol. The molecule has 3 aromatic rings. The van der Waals surface area contributed by atoms with Crippen molar-refractivity contribution in [2.45, 2.75) is 18.9 Å². The number of nitrogens with one attached hydrogen (secondary N) is 1. The average Bonchev–Trinajstić information content (AvgIpc) is 2.93. The summed E-state index contributed by atoms with van der Waals surface area (Å²) in [6, 6.07) is 21.7. The molecule has 0 radical (unpaired) electrons. The number of hydrogen-bond donors (Lipinski definition) is 1. The first-order valence-electron chi connectivity index (χ1n) is 12.0. The van der Waals surface area contributed by atoms with E-state index in [-0.39, 0.29) is 17.7 Å². The van der Waals surface area contributed by atoms with E-state index in [9.17, 15) is 4.79 Å². The van der Waals surface area contributed by atoms with Crippen LogP contribution in [0.1, 0.15) is 23.5 Å². The zero-order valence-corrected chi connectivity index (χ0v) is 21.3. The van der Waals surface area contributed by atoms with Crippen molar-refractivity contribution in [1.82, 2.24) is 4.90 Å². The minimum Gasteiger partial charge on any atom is -0.497 e. The predicted octanol–water partition coefficient (Wildman–Crippen LogP) is 4.97. The van der Waals surface area contributed by atoms with E-state index < -0.39 is 0 Å². The van der Waals surface area contributed by atoms with Gasteiger partial charge in [0, 0.05) is 31.8 Å². The summed E-state index contributed by atoms with van der Waals surface area (Å²) in [4.78, 5) is 15.8. The number of anilines is 1. The largest absolute Gasteiger partial charge is 0.497 e. The van der Waals surface area contributed by atoms with Crippen LogP contribution >= 0.6 is 0 Å². The fourth-order valence-corrected chi connectivity index (χ4v) is 4.83. The third-order valence-corrected chi connectivity index (χ3v) is 6.65. The molecule has 7 heteroatoms. The molecule has 1 N–H and O–H groups in total. The molecule has 3 aromatic carbocycles. The van der Waals surface area contributed by atoms with Crippen LogP contribution in [-0.2, 0) is 11.3 Å². The Morgan fingerprint density at radius 3 is 2.17 bits per heavy atom. The van der Waals surface area contributed by atoms with E-state index in [1.807, 2.05) is 36.4 Å². The van der Waals surface area contributed by atoms with Crippen LogP contribution in [0.25, 0.3) is 0 Å². The first kappa shape index (κ1) is 25.4. The monoisotopic (exact) mass is 490 g/mol. The molecule has 1 aliphatic heterocycles. The number of hydrogen-bond acceptors (Lipinski definition) is 6. The zero-order chi connectivity index (χ0) is 25.5. The van der Waals surface area contributed by atoms with Gasteiger partial charge in [0.25, 0.3) is 0 Å². The van der Waals surface area contributed by atoms with Crippen molar-refractivity contribution in [3.63, 3.8) is 0 Å². The highest BCUT2D eigenvalue weighted by Crippen LogP contribution is 2.34. The van der Waals surface area contributed by atoms with Crippen molar-refractivity contribution < 1.29 is 23.7 Å². The Morgan fingerprint density at radius 2 is 1.53 bits per heavy atom. The molecule has 1 aliphatic rings. The SMILES string of the molecule is COc1cc(CN2CC(C(=O)Nc3ccc(OC)cc3OC)CC(c3ccccc3)C2)cc(OC)c1. The van der Waals surface area contributed by atoms with E-state index in [2.05, 4.69) is 34.5 Å². The van der Waals surface area contributed by atoms with Gasteiger partial charge in [0.05, 0.1) is 40.0 Å². The lowest BCUT2D eigenvalue weighted by atomic mass is 9.84. The number of carbonyl (C=O) groups excluding carboxylic acids is 1. The van der Waals surface area contributed by atoms with Gasteiger partial charge in [-0.2, -0.15) is 0 Å². The van der Waals surface area contributed by atoms with Crippen molar-refractivity contribution >= 4 is 11.6 Å². The van der Waals surface area contributed by atoms with Crippen molar-refractivity contribution in [2.75, 3.05) is 46.8 Å². The van der Waals surface area contributed by atoms with Crippen molar-refractivity contribution in [1.29, 1.82) is 0 Å². The molecule has 1 amide bonds.